The molecule has 0 atom stereocenters. The average Bonchev–Trinajstić information content (AvgIpc) is 2.14. The zero-order valence-electron chi connectivity index (χ0n) is 6.13. The van der Waals surface area contributed by atoms with Crippen molar-refractivity contribution in [2.75, 3.05) is 0 Å². The molecule has 0 aromatic carbocycles. The molecule has 3 nitrogen and oxygen atoms in total. The molecule has 0 aliphatic rings. The molecule has 0 aliphatic heterocycles. The first kappa shape index (κ1) is 6.81. The standard InChI is InChI=1S/C7H9N3/c1-6-9-7(3-4-8)5-10(6)2/h5H,3H2,1-2H3. The maximum atomic E-state index is 8.32. The van der Waals surface area contributed by atoms with Crippen LogP contribution < -0.4 is 0 Å². The lowest BCUT2D eigenvalue weighted by atomic mass is 10.4. The fourth-order valence-corrected chi connectivity index (χ4v) is 0.799. The Labute approximate surface area is 59.9 Å². The summed E-state index contributed by atoms with van der Waals surface area (Å²) in [6, 6.07) is 2.05. The van der Waals surface area contributed by atoms with Gasteiger partial charge in [-0.3, -0.25) is 0 Å². The summed E-state index contributed by atoms with van der Waals surface area (Å²) in [5, 5.41) is 8.32. The average molecular weight is 135 g/mol. The molecule has 1 aromatic heterocycles. The van der Waals surface area contributed by atoms with Crippen LogP contribution in [0.2, 0.25) is 0 Å². The number of hydrogen-bond donors (Lipinski definition) is 0. The summed E-state index contributed by atoms with van der Waals surface area (Å²) in [7, 11) is 1.92. The van der Waals surface area contributed by atoms with Gasteiger partial charge in [-0.15, -0.1) is 0 Å². The van der Waals surface area contributed by atoms with Crippen molar-refractivity contribution in [3.63, 3.8) is 0 Å². The van der Waals surface area contributed by atoms with Gasteiger partial charge in [0.2, 0.25) is 0 Å². The van der Waals surface area contributed by atoms with E-state index in [1.165, 1.54) is 0 Å². The van der Waals surface area contributed by atoms with Crippen molar-refractivity contribution >= 4 is 0 Å². The van der Waals surface area contributed by atoms with E-state index in [2.05, 4.69) is 4.98 Å². The highest BCUT2D eigenvalue weighted by atomic mass is 15.0. The van der Waals surface area contributed by atoms with Gasteiger partial charge < -0.3 is 4.57 Å². The predicted octanol–water partition coefficient (Wildman–Crippen LogP) is 0.795. The Bertz CT molecular complexity index is 247. The van der Waals surface area contributed by atoms with E-state index in [0.29, 0.717) is 6.42 Å². The largest absolute Gasteiger partial charge is 0.338 e. The Morgan fingerprint density at radius 3 is 2.90 bits per heavy atom. The third kappa shape index (κ3) is 1.16. The second-order valence-corrected chi connectivity index (χ2v) is 2.23. The van der Waals surface area contributed by atoms with Crippen molar-refractivity contribution in [2.24, 2.45) is 7.05 Å². The van der Waals surface area contributed by atoms with Crippen molar-refractivity contribution in [3.05, 3.63) is 17.7 Å². The summed E-state index contributed by atoms with van der Waals surface area (Å²) in [5.74, 6) is 0.949. The van der Waals surface area contributed by atoms with E-state index in [9.17, 15) is 0 Å². The Balaban J connectivity index is 2.90. The maximum Gasteiger partial charge on any atom is 0.105 e. The van der Waals surface area contributed by atoms with Crippen molar-refractivity contribution in [3.8, 4) is 6.07 Å². The van der Waals surface area contributed by atoms with E-state index in [1.807, 2.05) is 30.8 Å². The van der Waals surface area contributed by atoms with Crippen molar-refractivity contribution < 1.29 is 0 Å². The molecule has 0 bridgehead atoms. The number of hydrogen-bond acceptors (Lipinski definition) is 2. The molecule has 0 spiro atoms. The number of aryl methyl sites for hydroxylation is 2. The van der Waals surface area contributed by atoms with Crippen LogP contribution in [0.25, 0.3) is 0 Å². The Morgan fingerprint density at radius 2 is 2.50 bits per heavy atom. The smallest absolute Gasteiger partial charge is 0.105 e. The van der Waals surface area contributed by atoms with Crippen LogP contribution >= 0.6 is 0 Å². The van der Waals surface area contributed by atoms with Crippen LogP contribution in [0.4, 0.5) is 0 Å². The minimum atomic E-state index is 0.404. The molecule has 0 fully saturated rings. The van der Waals surface area contributed by atoms with E-state index in [1.54, 1.807) is 0 Å². The van der Waals surface area contributed by atoms with E-state index in [4.69, 9.17) is 5.26 Å². The third-order valence-electron chi connectivity index (χ3n) is 1.42. The Hall–Kier alpha value is -1.30. The summed E-state index contributed by atoms with van der Waals surface area (Å²) < 4.78 is 1.91. The molecule has 0 amide bonds. The number of rotatable bonds is 1. The number of nitriles is 1. The Morgan fingerprint density at radius 1 is 1.80 bits per heavy atom. The van der Waals surface area contributed by atoms with Gasteiger partial charge in [0.25, 0.3) is 0 Å². The molecular formula is C7H9N3. The number of imidazole rings is 1. The van der Waals surface area contributed by atoms with E-state index < -0.39 is 0 Å². The first-order valence-corrected chi connectivity index (χ1v) is 3.10. The highest BCUT2D eigenvalue weighted by Crippen LogP contribution is 1.99. The topological polar surface area (TPSA) is 41.6 Å². The normalized spacial score (nSPS) is 9.30. The summed E-state index contributed by atoms with van der Waals surface area (Å²) in [5.41, 5.74) is 0.850. The van der Waals surface area contributed by atoms with Crippen molar-refractivity contribution in [2.45, 2.75) is 13.3 Å². The van der Waals surface area contributed by atoms with E-state index >= 15 is 0 Å². The fraction of sp³-hybridized carbons (Fsp3) is 0.429. The molecule has 52 valence electrons. The SMILES string of the molecule is Cc1nc(CC#N)cn1C. The summed E-state index contributed by atoms with van der Waals surface area (Å²) in [4.78, 5) is 4.14. The van der Waals surface area contributed by atoms with Gasteiger partial charge in [-0.25, -0.2) is 4.98 Å². The molecule has 0 radical (unpaired) electrons. The molecule has 1 rings (SSSR count). The second-order valence-electron chi connectivity index (χ2n) is 2.23. The molecule has 0 saturated carbocycles. The first-order valence-electron chi connectivity index (χ1n) is 3.10. The van der Waals surface area contributed by atoms with Gasteiger partial charge in [0.15, 0.2) is 0 Å². The maximum absolute atomic E-state index is 8.32. The van der Waals surface area contributed by atoms with Gasteiger partial charge in [0.1, 0.15) is 5.82 Å². The van der Waals surface area contributed by atoms with Gasteiger partial charge in [-0.05, 0) is 6.92 Å². The van der Waals surface area contributed by atoms with Crippen LogP contribution in [0, 0.1) is 18.3 Å². The first-order chi connectivity index (χ1) is 4.74. The lowest BCUT2D eigenvalue weighted by Crippen LogP contribution is -1.86. The van der Waals surface area contributed by atoms with Crippen LogP contribution in [0.3, 0.4) is 0 Å². The third-order valence-corrected chi connectivity index (χ3v) is 1.42. The lowest BCUT2D eigenvalue weighted by molar-refractivity contribution is 0.858. The predicted molar refractivity (Wildman–Crippen MR) is 37.3 cm³/mol. The van der Waals surface area contributed by atoms with Crippen LogP contribution in [0.5, 0.6) is 0 Å². The summed E-state index contributed by atoms with van der Waals surface area (Å²) in [6.07, 6.45) is 2.28. The molecule has 0 saturated heterocycles. The highest BCUT2D eigenvalue weighted by molar-refractivity contribution is 5.06. The number of aromatic nitrogens is 2. The van der Waals surface area contributed by atoms with Crippen LogP contribution in [-0.4, -0.2) is 9.55 Å². The summed E-state index contributed by atoms with van der Waals surface area (Å²) >= 11 is 0. The van der Waals surface area contributed by atoms with Gasteiger partial charge >= 0.3 is 0 Å². The molecule has 1 heterocycles. The molecule has 0 N–H and O–H groups in total. The van der Waals surface area contributed by atoms with Crippen LogP contribution in [0.1, 0.15) is 11.5 Å². The number of nitrogens with zero attached hydrogens (tertiary/aromatic N) is 3. The summed E-state index contributed by atoms with van der Waals surface area (Å²) in [6.45, 7) is 1.92. The minimum Gasteiger partial charge on any atom is -0.338 e. The molecular weight excluding hydrogens is 126 g/mol. The zero-order valence-corrected chi connectivity index (χ0v) is 6.13. The van der Waals surface area contributed by atoms with E-state index in [-0.39, 0.29) is 0 Å². The molecule has 3 heteroatoms. The monoisotopic (exact) mass is 135 g/mol. The lowest BCUT2D eigenvalue weighted by Gasteiger charge is -1.87. The fourth-order valence-electron chi connectivity index (χ4n) is 0.799. The second kappa shape index (κ2) is 2.53. The van der Waals surface area contributed by atoms with Gasteiger partial charge in [0, 0.05) is 13.2 Å². The van der Waals surface area contributed by atoms with Crippen LogP contribution in [0.15, 0.2) is 6.20 Å². The van der Waals surface area contributed by atoms with Crippen LogP contribution in [-0.2, 0) is 13.5 Å². The quantitative estimate of drug-likeness (QED) is 0.571. The Kier molecular flexibility index (Phi) is 1.72. The molecule has 10 heavy (non-hydrogen) atoms. The molecule has 0 aliphatic carbocycles. The minimum absolute atomic E-state index is 0.404. The molecule has 1 aromatic rings. The highest BCUT2D eigenvalue weighted by Gasteiger charge is 1.97. The van der Waals surface area contributed by atoms with Gasteiger partial charge in [-0.1, -0.05) is 0 Å². The van der Waals surface area contributed by atoms with E-state index in [0.717, 1.165) is 11.5 Å². The molecule has 0 unspecified atom stereocenters. The zero-order chi connectivity index (χ0) is 7.56. The van der Waals surface area contributed by atoms with Crippen molar-refractivity contribution in [1.29, 1.82) is 5.26 Å². The van der Waals surface area contributed by atoms with Gasteiger partial charge in [-0.2, -0.15) is 5.26 Å². The van der Waals surface area contributed by atoms with Gasteiger partial charge in [0.05, 0.1) is 18.2 Å². The van der Waals surface area contributed by atoms with Crippen molar-refractivity contribution in [1.82, 2.24) is 9.55 Å².